The molecule has 130 valence electrons. The number of aromatic nitrogens is 3. The molecule has 25 heavy (non-hydrogen) atoms. The fourth-order valence-electron chi connectivity index (χ4n) is 3.29. The SMILES string of the molecule is O=C(NCCN1CCCCC1)c1nc(-c2cccc3[nH]ccc23)no1. The molecule has 1 saturated heterocycles. The van der Waals surface area contributed by atoms with E-state index in [1.807, 2.05) is 30.5 Å². The van der Waals surface area contributed by atoms with Gasteiger partial charge < -0.3 is 19.7 Å². The third kappa shape index (κ3) is 3.41. The molecule has 7 nitrogen and oxygen atoms in total. The third-order valence-electron chi connectivity index (χ3n) is 4.62. The van der Waals surface area contributed by atoms with Gasteiger partial charge in [0.1, 0.15) is 0 Å². The number of hydrogen-bond acceptors (Lipinski definition) is 5. The number of fused-ring (bicyclic) bond motifs is 1. The molecule has 7 heteroatoms. The Kier molecular flexibility index (Phi) is 4.47. The summed E-state index contributed by atoms with van der Waals surface area (Å²) in [7, 11) is 0. The number of nitrogens with zero attached hydrogens (tertiary/aromatic N) is 3. The Labute approximate surface area is 145 Å². The smallest absolute Gasteiger partial charge is 0.316 e. The third-order valence-corrected chi connectivity index (χ3v) is 4.62. The van der Waals surface area contributed by atoms with Gasteiger partial charge in [-0.05, 0) is 38.1 Å². The molecule has 0 spiro atoms. The van der Waals surface area contributed by atoms with Crippen molar-refractivity contribution in [2.24, 2.45) is 0 Å². The molecule has 1 aromatic carbocycles. The Balaban J connectivity index is 1.40. The zero-order valence-corrected chi connectivity index (χ0v) is 14.0. The average molecular weight is 339 g/mol. The molecule has 0 radical (unpaired) electrons. The quantitative estimate of drug-likeness (QED) is 0.745. The van der Waals surface area contributed by atoms with E-state index in [1.54, 1.807) is 0 Å². The van der Waals surface area contributed by atoms with Gasteiger partial charge in [0.15, 0.2) is 0 Å². The second kappa shape index (κ2) is 7.06. The average Bonchev–Trinajstić information content (AvgIpc) is 3.32. The van der Waals surface area contributed by atoms with Crippen LogP contribution >= 0.6 is 0 Å². The van der Waals surface area contributed by atoms with Gasteiger partial charge in [0.25, 0.3) is 0 Å². The number of aromatic amines is 1. The first-order valence-corrected chi connectivity index (χ1v) is 8.72. The predicted octanol–water partition coefficient (Wildman–Crippen LogP) is 2.43. The van der Waals surface area contributed by atoms with E-state index < -0.39 is 0 Å². The number of H-pyrrole nitrogens is 1. The molecule has 0 aliphatic carbocycles. The number of likely N-dealkylation sites (tertiary alicyclic amines) is 1. The highest BCUT2D eigenvalue weighted by atomic mass is 16.5. The summed E-state index contributed by atoms with van der Waals surface area (Å²) in [6, 6.07) is 7.77. The molecule has 0 bridgehead atoms. The summed E-state index contributed by atoms with van der Waals surface area (Å²) in [5, 5.41) is 7.82. The number of nitrogens with one attached hydrogen (secondary N) is 2. The highest BCUT2D eigenvalue weighted by Gasteiger charge is 2.18. The minimum absolute atomic E-state index is 0.00110. The topological polar surface area (TPSA) is 87.0 Å². The van der Waals surface area contributed by atoms with Crippen LogP contribution in [0.25, 0.3) is 22.3 Å². The second-order valence-electron chi connectivity index (χ2n) is 6.33. The first-order valence-electron chi connectivity index (χ1n) is 8.72. The normalized spacial score (nSPS) is 15.5. The van der Waals surface area contributed by atoms with Crippen molar-refractivity contribution in [3.8, 4) is 11.4 Å². The number of hydrogen-bond donors (Lipinski definition) is 2. The van der Waals surface area contributed by atoms with Gasteiger partial charge in [-0.2, -0.15) is 4.98 Å². The fraction of sp³-hybridized carbons (Fsp3) is 0.389. The Bertz CT molecular complexity index is 863. The van der Waals surface area contributed by atoms with Crippen LogP contribution in [0, 0.1) is 0 Å². The van der Waals surface area contributed by atoms with E-state index in [1.165, 1.54) is 19.3 Å². The molecule has 4 rings (SSSR count). The van der Waals surface area contributed by atoms with E-state index in [0.29, 0.717) is 12.4 Å². The number of rotatable bonds is 5. The van der Waals surface area contributed by atoms with E-state index in [0.717, 1.165) is 36.1 Å². The van der Waals surface area contributed by atoms with Crippen molar-refractivity contribution in [3.05, 3.63) is 36.4 Å². The highest BCUT2D eigenvalue weighted by molar-refractivity contribution is 5.94. The summed E-state index contributed by atoms with van der Waals surface area (Å²) in [5.41, 5.74) is 1.84. The van der Waals surface area contributed by atoms with Gasteiger partial charge in [0.05, 0.1) is 0 Å². The van der Waals surface area contributed by atoms with Crippen molar-refractivity contribution >= 4 is 16.8 Å². The summed E-state index contributed by atoms with van der Waals surface area (Å²) in [5.74, 6) is 0.101. The lowest BCUT2D eigenvalue weighted by atomic mass is 10.1. The van der Waals surface area contributed by atoms with Gasteiger partial charge in [-0.1, -0.05) is 23.7 Å². The van der Waals surface area contributed by atoms with E-state index in [2.05, 4.69) is 25.3 Å². The summed E-state index contributed by atoms with van der Waals surface area (Å²) < 4.78 is 5.15. The van der Waals surface area contributed by atoms with Gasteiger partial charge in [-0.15, -0.1) is 0 Å². The Morgan fingerprint density at radius 2 is 2.12 bits per heavy atom. The van der Waals surface area contributed by atoms with Crippen LogP contribution in [0.3, 0.4) is 0 Å². The van der Waals surface area contributed by atoms with Gasteiger partial charge in [0, 0.05) is 35.8 Å². The van der Waals surface area contributed by atoms with E-state index >= 15 is 0 Å². The van der Waals surface area contributed by atoms with Gasteiger partial charge in [0.2, 0.25) is 5.82 Å². The molecular formula is C18H21N5O2. The molecule has 3 heterocycles. The van der Waals surface area contributed by atoms with Crippen LogP contribution in [-0.4, -0.2) is 52.1 Å². The maximum Gasteiger partial charge on any atom is 0.316 e. The van der Waals surface area contributed by atoms with Crippen molar-refractivity contribution in [2.75, 3.05) is 26.2 Å². The molecule has 1 aliphatic rings. The molecule has 0 unspecified atom stereocenters. The van der Waals surface area contributed by atoms with Crippen molar-refractivity contribution in [2.45, 2.75) is 19.3 Å². The first kappa shape index (κ1) is 15.8. The molecule has 2 N–H and O–H groups in total. The highest BCUT2D eigenvalue weighted by Crippen LogP contribution is 2.25. The molecule has 1 amide bonds. The van der Waals surface area contributed by atoms with Crippen molar-refractivity contribution in [1.29, 1.82) is 0 Å². The molecule has 0 atom stereocenters. The minimum Gasteiger partial charge on any atom is -0.361 e. The van der Waals surface area contributed by atoms with E-state index in [9.17, 15) is 4.79 Å². The van der Waals surface area contributed by atoms with Crippen LogP contribution in [-0.2, 0) is 0 Å². The second-order valence-corrected chi connectivity index (χ2v) is 6.33. The summed E-state index contributed by atoms with van der Waals surface area (Å²) >= 11 is 0. The van der Waals surface area contributed by atoms with Crippen LogP contribution in [0.15, 0.2) is 35.0 Å². The zero-order valence-electron chi connectivity index (χ0n) is 14.0. The maximum absolute atomic E-state index is 12.2. The molecule has 1 fully saturated rings. The van der Waals surface area contributed by atoms with Crippen molar-refractivity contribution < 1.29 is 9.32 Å². The Morgan fingerprint density at radius 3 is 3.00 bits per heavy atom. The molecule has 1 aliphatic heterocycles. The molecule has 3 aromatic rings. The van der Waals surface area contributed by atoms with Crippen LogP contribution < -0.4 is 5.32 Å². The molecule has 0 saturated carbocycles. The lowest BCUT2D eigenvalue weighted by molar-refractivity contribution is 0.0903. The largest absolute Gasteiger partial charge is 0.361 e. The first-order chi connectivity index (χ1) is 12.3. The van der Waals surface area contributed by atoms with Gasteiger partial charge in [-0.3, -0.25) is 4.79 Å². The Morgan fingerprint density at radius 1 is 1.24 bits per heavy atom. The molecule has 2 aromatic heterocycles. The van der Waals surface area contributed by atoms with Gasteiger partial charge >= 0.3 is 11.8 Å². The number of carbonyl (C=O) groups is 1. The van der Waals surface area contributed by atoms with Gasteiger partial charge in [-0.25, -0.2) is 0 Å². The fourth-order valence-corrected chi connectivity index (χ4v) is 3.29. The number of amides is 1. The van der Waals surface area contributed by atoms with Crippen molar-refractivity contribution in [1.82, 2.24) is 25.3 Å². The van der Waals surface area contributed by atoms with Crippen LogP contribution in [0.5, 0.6) is 0 Å². The lowest BCUT2D eigenvalue weighted by Gasteiger charge is -2.26. The minimum atomic E-state index is -0.322. The maximum atomic E-state index is 12.2. The zero-order chi connectivity index (χ0) is 17.1. The predicted molar refractivity (Wildman–Crippen MR) is 94.2 cm³/mol. The lowest BCUT2D eigenvalue weighted by Crippen LogP contribution is -2.37. The van der Waals surface area contributed by atoms with Crippen LogP contribution in [0.2, 0.25) is 0 Å². The summed E-state index contributed by atoms with van der Waals surface area (Å²) in [6.07, 6.45) is 5.65. The molecular weight excluding hydrogens is 318 g/mol. The summed E-state index contributed by atoms with van der Waals surface area (Å²) in [6.45, 7) is 3.67. The van der Waals surface area contributed by atoms with Crippen molar-refractivity contribution in [3.63, 3.8) is 0 Å². The van der Waals surface area contributed by atoms with E-state index in [-0.39, 0.29) is 11.8 Å². The standard InChI is InChI=1S/C18H21N5O2/c24-17(20-9-12-23-10-2-1-3-11-23)18-21-16(22-25-18)14-5-4-6-15-13(14)7-8-19-15/h4-8,19H,1-3,9-12H2,(H,20,24). The van der Waals surface area contributed by atoms with Crippen LogP contribution in [0.1, 0.15) is 29.9 Å². The number of carbonyl (C=O) groups excluding carboxylic acids is 1. The number of benzene rings is 1. The number of piperidine rings is 1. The summed E-state index contributed by atoms with van der Waals surface area (Å²) in [4.78, 5) is 22.0. The van der Waals surface area contributed by atoms with E-state index in [4.69, 9.17) is 4.52 Å². The monoisotopic (exact) mass is 339 g/mol. The van der Waals surface area contributed by atoms with Crippen LogP contribution in [0.4, 0.5) is 0 Å². The Hall–Kier alpha value is -2.67.